The summed E-state index contributed by atoms with van der Waals surface area (Å²) in [5.74, 6) is -1.70. The second-order valence-corrected chi connectivity index (χ2v) is 17.5. The standard InChI is InChI=1S/C42H52F3N9O5S/c1-24-21-51(22-25(2)52(24)23-35(56)47-33-8-6-7-30-36(49-50(5)37(30)33)31-15-16-34(55)48-38(31)57)17-18-59-29-13-11-27(12-14-29)54-40(60)53(39(58)41(54,3)4)28-10-9-26(20-46)32(19-28)42(43,44)45/h6-10,19,24-25,27,29,31,40,60H,11-18,21-23H2,1-5H3,(H,47,56)(H,48,55,57)/t24-,25+,27?,29?,31?,40?. The van der Waals surface area contributed by atoms with Gasteiger partial charge in [-0.3, -0.25) is 48.8 Å². The van der Waals surface area contributed by atoms with Crippen LogP contribution < -0.4 is 15.5 Å². The number of imide groups is 1. The zero-order valence-electron chi connectivity index (χ0n) is 34.5. The third kappa shape index (κ3) is 8.51. The molecule has 4 heterocycles. The molecule has 0 spiro atoms. The number of hydrogen-bond acceptors (Lipinski definition) is 11. The fourth-order valence-corrected chi connectivity index (χ4v) is 10.4. The van der Waals surface area contributed by atoms with E-state index in [1.807, 2.05) is 23.1 Å². The van der Waals surface area contributed by atoms with E-state index in [-0.39, 0.29) is 66.5 Å². The molecule has 2 unspecified atom stereocenters. The van der Waals surface area contributed by atoms with Gasteiger partial charge in [0.15, 0.2) is 0 Å². The van der Waals surface area contributed by atoms with Crippen molar-refractivity contribution in [3.63, 3.8) is 0 Å². The molecule has 4 amide bonds. The summed E-state index contributed by atoms with van der Waals surface area (Å²) in [6.45, 7) is 10.8. The zero-order chi connectivity index (χ0) is 43.3. The molecule has 3 aliphatic heterocycles. The van der Waals surface area contributed by atoms with E-state index in [2.05, 4.69) is 39.4 Å². The van der Waals surface area contributed by atoms with Crippen LogP contribution in [0.2, 0.25) is 0 Å². The maximum atomic E-state index is 13.8. The van der Waals surface area contributed by atoms with Crippen molar-refractivity contribution in [2.75, 3.05) is 43.0 Å². The number of halogens is 3. The second kappa shape index (κ2) is 17.1. The topological polar surface area (TPSA) is 156 Å². The number of nitriles is 1. The van der Waals surface area contributed by atoms with Gasteiger partial charge in [0.25, 0.3) is 0 Å². The number of amides is 4. The zero-order valence-corrected chi connectivity index (χ0v) is 35.4. The van der Waals surface area contributed by atoms with E-state index in [1.165, 1.54) is 11.0 Å². The van der Waals surface area contributed by atoms with Crippen LogP contribution >= 0.6 is 12.6 Å². The van der Waals surface area contributed by atoms with E-state index < -0.39 is 34.3 Å². The van der Waals surface area contributed by atoms with Crippen molar-refractivity contribution in [2.24, 2.45) is 7.05 Å². The molecule has 4 atom stereocenters. The maximum Gasteiger partial charge on any atom is 0.417 e. The van der Waals surface area contributed by atoms with Gasteiger partial charge in [0.2, 0.25) is 23.6 Å². The largest absolute Gasteiger partial charge is 0.417 e. The van der Waals surface area contributed by atoms with E-state index in [4.69, 9.17) is 17.4 Å². The van der Waals surface area contributed by atoms with E-state index in [0.29, 0.717) is 29.9 Å². The monoisotopic (exact) mass is 851 g/mol. The molecule has 0 bridgehead atoms. The summed E-state index contributed by atoms with van der Waals surface area (Å²) in [6, 6.07) is 10.6. The summed E-state index contributed by atoms with van der Waals surface area (Å²) in [4.78, 5) is 59.3. The summed E-state index contributed by atoms with van der Waals surface area (Å²) in [5, 5.41) is 20.1. The van der Waals surface area contributed by atoms with Crippen molar-refractivity contribution >= 4 is 58.5 Å². The molecule has 14 nitrogen and oxygen atoms in total. The highest BCUT2D eigenvalue weighted by Gasteiger charge is 2.54. The number of piperazine rings is 1. The smallest absolute Gasteiger partial charge is 0.377 e. The minimum Gasteiger partial charge on any atom is -0.377 e. The second-order valence-electron chi connectivity index (χ2n) is 17.0. The summed E-state index contributed by atoms with van der Waals surface area (Å²) >= 11 is 4.77. The number of para-hydroxylation sites is 1. The van der Waals surface area contributed by atoms with Gasteiger partial charge in [-0.2, -0.15) is 23.5 Å². The van der Waals surface area contributed by atoms with Crippen LogP contribution in [-0.2, 0) is 37.1 Å². The molecule has 322 valence electrons. The average Bonchev–Trinajstić information content (AvgIpc) is 3.61. The maximum absolute atomic E-state index is 13.8. The number of benzene rings is 2. The van der Waals surface area contributed by atoms with Crippen molar-refractivity contribution < 1.29 is 37.1 Å². The lowest BCUT2D eigenvalue weighted by Crippen LogP contribution is -2.58. The molecular weight excluding hydrogens is 800 g/mol. The normalized spacial score (nSPS) is 27.0. The predicted octanol–water partition coefficient (Wildman–Crippen LogP) is 4.99. The first-order chi connectivity index (χ1) is 28.4. The van der Waals surface area contributed by atoms with E-state index in [1.54, 1.807) is 31.6 Å². The number of nitrogens with zero attached hydrogens (tertiary/aromatic N) is 7. The quantitative estimate of drug-likeness (QED) is 0.188. The summed E-state index contributed by atoms with van der Waals surface area (Å²) in [5.41, 5.74) is -1.43. The minimum atomic E-state index is -4.75. The van der Waals surface area contributed by atoms with E-state index in [0.717, 1.165) is 62.8 Å². The van der Waals surface area contributed by atoms with Gasteiger partial charge >= 0.3 is 6.18 Å². The highest BCUT2D eigenvalue weighted by Crippen LogP contribution is 2.43. The lowest BCUT2D eigenvalue weighted by Gasteiger charge is -2.44. The number of carbonyl (C=O) groups excluding carboxylic acids is 4. The number of thiol groups is 1. The Kier molecular flexibility index (Phi) is 12.4. The molecule has 1 aromatic heterocycles. The number of carbonyl (C=O) groups is 4. The number of ether oxygens (including phenoxy) is 1. The molecule has 4 aliphatic rings. The first kappa shape index (κ1) is 43.5. The van der Waals surface area contributed by atoms with Crippen LogP contribution in [0.5, 0.6) is 0 Å². The van der Waals surface area contributed by atoms with E-state index in [9.17, 15) is 37.6 Å². The lowest BCUT2D eigenvalue weighted by molar-refractivity contribution is -0.138. The Morgan fingerprint density at radius 2 is 1.77 bits per heavy atom. The van der Waals surface area contributed by atoms with E-state index >= 15 is 0 Å². The summed E-state index contributed by atoms with van der Waals surface area (Å²) in [6.07, 6.45) is -1.08. The number of aryl methyl sites for hydroxylation is 1. The number of hydrogen-bond donors (Lipinski definition) is 3. The van der Waals surface area contributed by atoms with Crippen LogP contribution in [0.15, 0.2) is 36.4 Å². The van der Waals surface area contributed by atoms with Crippen molar-refractivity contribution in [1.29, 1.82) is 5.26 Å². The van der Waals surface area contributed by atoms with Crippen LogP contribution in [0.1, 0.15) is 89.0 Å². The Hall–Kier alpha value is -4.54. The van der Waals surface area contributed by atoms with Crippen LogP contribution in [0.25, 0.3) is 10.9 Å². The molecule has 2 aromatic carbocycles. The fraction of sp³-hybridized carbons (Fsp3) is 0.571. The predicted molar refractivity (Wildman–Crippen MR) is 221 cm³/mol. The van der Waals surface area contributed by atoms with Gasteiger partial charge < -0.3 is 10.1 Å². The lowest BCUT2D eigenvalue weighted by atomic mass is 9.89. The number of nitrogens with one attached hydrogen (secondary N) is 2. The molecule has 18 heteroatoms. The minimum absolute atomic E-state index is 0.0314. The van der Waals surface area contributed by atoms with Crippen molar-refractivity contribution in [1.82, 2.24) is 29.8 Å². The Balaban J connectivity index is 0.883. The Labute approximate surface area is 352 Å². The molecule has 3 saturated heterocycles. The first-order valence-electron chi connectivity index (χ1n) is 20.5. The molecule has 2 N–H and O–H groups in total. The Bertz CT molecular complexity index is 2190. The van der Waals surface area contributed by atoms with Crippen molar-refractivity contribution in [3.05, 3.63) is 53.2 Å². The highest BCUT2D eigenvalue weighted by atomic mass is 32.1. The summed E-state index contributed by atoms with van der Waals surface area (Å²) < 4.78 is 49.4. The van der Waals surface area contributed by atoms with Crippen molar-refractivity contribution in [3.8, 4) is 6.07 Å². The third-order valence-corrected chi connectivity index (χ3v) is 13.1. The van der Waals surface area contributed by atoms with Crippen LogP contribution in [-0.4, -0.2) is 116 Å². The molecule has 60 heavy (non-hydrogen) atoms. The molecule has 1 saturated carbocycles. The van der Waals surface area contributed by atoms with Crippen LogP contribution in [0.3, 0.4) is 0 Å². The molecular formula is C42H52F3N9O5S. The molecule has 3 aromatic rings. The number of aromatic nitrogens is 2. The van der Waals surface area contributed by atoms with Crippen LogP contribution in [0.4, 0.5) is 24.5 Å². The first-order valence-corrected chi connectivity index (χ1v) is 21.0. The average molecular weight is 852 g/mol. The molecule has 7 rings (SSSR count). The van der Waals surface area contributed by atoms with Gasteiger partial charge in [-0.1, -0.05) is 12.1 Å². The summed E-state index contributed by atoms with van der Waals surface area (Å²) in [7, 11) is 1.78. The van der Waals surface area contributed by atoms with Gasteiger partial charge in [-0.15, -0.1) is 12.6 Å². The SMILES string of the molecule is C[C@@H]1CN(CCOC2CCC(N3C(S)N(c4ccc(C#N)c(C(F)(F)F)c4)C(=O)C3(C)C)CC2)C[C@H](C)N1CC(=O)Nc1cccc2c(C3CCC(=O)NC3=O)nn(C)c12. The van der Waals surface area contributed by atoms with Crippen molar-refractivity contribution in [2.45, 2.75) is 114 Å². The molecule has 4 fully saturated rings. The van der Waals surface area contributed by atoms with Gasteiger partial charge in [-0.05, 0) is 84.1 Å². The number of rotatable bonds is 10. The Morgan fingerprint density at radius 3 is 2.42 bits per heavy atom. The number of piperidine rings is 1. The Morgan fingerprint density at radius 1 is 1.07 bits per heavy atom. The van der Waals surface area contributed by atoms with Gasteiger partial charge in [0.1, 0.15) is 5.50 Å². The van der Waals surface area contributed by atoms with Gasteiger partial charge in [-0.25, -0.2) is 0 Å². The third-order valence-electron chi connectivity index (χ3n) is 12.6. The van der Waals surface area contributed by atoms with Gasteiger partial charge in [0, 0.05) is 62.3 Å². The molecule has 1 aliphatic carbocycles. The van der Waals surface area contributed by atoms with Crippen LogP contribution in [0, 0.1) is 11.3 Å². The molecule has 0 radical (unpaired) electrons. The number of anilines is 2. The van der Waals surface area contributed by atoms with Gasteiger partial charge in [0.05, 0.1) is 64.8 Å². The fourth-order valence-electron chi connectivity index (χ4n) is 9.66. The number of fused-ring (bicyclic) bond motifs is 1. The number of alkyl halides is 3. The highest BCUT2D eigenvalue weighted by molar-refractivity contribution is 7.81.